The molecule has 1 saturated heterocycles. The summed E-state index contributed by atoms with van der Waals surface area (Å²) in [7, 11) is 1.58. The molecule has 1 aromatic carbocycles. The van der Waals surface area contributed by atoms with E-state index in [-0.39, 0.29) is 24.4 Å². The minimum absolute atomic E-state index is 0.142. The first kappa shape index (κ1) is 14.4. The molecule has 1 unspecified atom stereocenters. The summed E-state index contributed by atoms with van der Waals surface area (Å²) in [5.41, 5.74) is 0.0616. The Bertz CT molecular complexity index is 615. The number of amides is 3. The van der Waals surface area contributed by atoms with Crippen LogP contribution in [0.3, 0.4) is 0 Å². The summed E-state index contributed by atoms with van der Waals surface area (Å²) < 4.78 is 6.19. The van der Waals surface area contributed by atoms with Crippen molar-refractivity contribution in [2.24, 2.45) is 5.92 Å². The fourth-order valence-corrected chi connectivity index (χ4v) is 3.25. The SMILES string of the molecule is COc1ccc(Br)cc1CN1C(=O)NC(C)(C2CC2)C1=O. The largest absolute Gasteiger partial charge is 0.496 e. The van der Waals surface area contributed by atoms with E-state index in [0.29, 0.717) is 5.75 Å². The number of carbonyl (C=O) groups excluding carboxylic acids is 2. The van der Waals surface area contributed by atoms with E-state index >= 15 is 0 Å². The van der Waals surface area contributed by atoms with Crippen molar-refractivity contribution >= 4 is 27.9 Å². The lowest BCUT2D eigenvalue weighted by Crippen LogP contribution is -2.46. The summed E-state index contributed by atoms with van der Waals surface area (Å²) in [5, 5.41) is 2.85. The maximum absolute atomic E-state index is 12.6. The molecule has 6 heteroatoms. The molecule has 2 fully saturated rings. The van der Waals surface area contributed by atoms with Gasteiger partial charge in [-0.25, -0.2) is 4.79 Å². The second kappa shape index (κ2) is 5.02. The summed E-state index contributed by atoms with van der Waals surface area (Å²) in [6.07, 6.45) is 1.99. The lowest BCUT2D eigenvalue weighted by Gasteiger charge is -2.21. The number of halogens is 1. The van der Waals surface area contributed by atoms with Crippen LogP contribution in [0.2, 0.25) is 0 Å². The first-order valence-corrected chi connectivity index (χ1v) is 7.71. The highest BCUT2D eigenvalue weighted by Crippen LogP contribution is 2.43. The minimum Gasteiger partial charge on any atom is -0.496 e. The molecule has 1 saturated carbocycles. The Morgan fingerprint density at radius 3 is 2.76 bits per heavy atom. The van der Waals surface area contributed by atoms with E-state index in [2.05, 4.69) is 21.2 Å². The van der Waals surface area contributed by atoms with Crippen molar-refractivity contribution in [1.29, 1.82) is 0 Å². The monoisotopic (exact) mass is 352 g/mol. The highest BCUT2D eigenvalue weighted by atomic mass is 79.9. The molecule has 0 spiro atoms. The molecule has 1 heterocycles. The highest BCUT2D eigenvalue weighted by Gasteiger charge is 2.55. The number of imide groups is 1. The highest BCUT2D eigenvalue weighted by molar-refractivity contribution is 9.10. The number of hydrogen-bond acceptors (Lipinski definition) is 3. The molecule has 3 amide bonds. The predicted molar refractivity (Wildman–Crippen MR) is 80.9 cm³/mol. The van der Waals surface area contributed by atoms with Crippen LogP contribution in [-0.2, 0) is 11.3 Å². The number of rotatable bonds is 4. The molecule has 0 aromatic heterocycles. The van der Waals surface area contributed by atoms with Gasteiger partial charge in [0, 0.05) is 10.0 Å². The molecule has 5 nitrogen and oxygen atoms in total. The molecule has 21 heavy (non-hydrogen) atoms. The average Bonchev–Trinajstić information content (AvgIpc) is 3.25. The molecular weight excluding hydrogens is 336 g/mol. The smallest absolute Gasteiger partial charge is 0.325 e. The van der Waals surface area contributed by atoms with Crippen LogP contribution in [0.4, 0.5) is 4.79 Å². The van der Waals surface area contributed by atoms with Crippen LogP contribution in [0.5, 0.6) is 5.75 Å². The van der Waals surface area contributed by atoms with E-state index in [0.717, 1.165) is 22.9 Å². The van der Waals surface area contributed by atoms with Gasteiger partial charge in [0.2, 0.25) is 0 Å². The summed E-state index contributed by atoms with van der Waals surface area (Å²) in [4.78, 5) is 26.0. The average molecular weight is 353 g/mol. The van der Waals surface area contributed by atoms with Crippen molar-refractivity contribution in [3.8, 4) is 5.75 Å². The normalized spacial score (nSPS) is 25.2. The van der Waals surface area contributed by atoms with Crippen molar-refractivity contribution in [3.05, 3.63) is 28.2 Å². The predicted octanol–water partition coefficient (Wildman–Crippen LogP) is 2.68. The van der Waals surface area contributed by atoms with E-state index in [1.807, 2.05) is 25.1 Å². The van der Waals surface area contributed by atoms with Crippen molar-refractivity contribution in [2.75, 3.05) is 7.11 Å². The number of hydrogen-bond donors (Lipinski definition) is 1. The summed E-state index contributed by atoms with van der Waals surface area (Å²) in [6.45, 7) is 2.04. The Balaban J connectivity index is 1.86. The zero-order valence-electron chi connectivity index (χ0n) is 12.0. The van der Waals surface area contributed by atoms with Crippen molar-refractivity contribution in [3.63, 3.8) is 0 Å². The van der Waals surface area contributed by atoms with Gasteiger partial charge in [0.05, 0.1) is 13.7 Å². The van der Waals surface area contributed by atoms with Gasteiger partial charge in [-0.15, -0.1) is 0 Å². The van der Waals surface area contributed by atoms with Crippen LogP contribution in [0.15, 0.2) is 22.7 Å². The van der Waals surface area contributed by atoms with E-state index in [1.54, 1.807) is 7.11 Å². The Labute approximate surface area is 131 Å². The van der Waals surface area contributed by atoms with Crippen molar-refractivity contribution in [1.82, 2.24) is 10.2 Å². The summed E-state index contributed by atoms with van der Waals surface area (Å²) in [5.74, 6) is 0.791. The van der Waals surface area contributed by atoms with Gasteiger partial charge in [-0.2, -0.15) is 0 Å². The number of nitrogens with one attached hydrogen (secondary N) is 1. The maximum atomic E-state index is 12.6. The molecule has 1 aliphatic heterocycles. The third-order valence-corrected chi connectivity index (χ3v) is 4.76. The van der Waals surface area contributed by atoms with Crippen LogP contribution >= 0.6 is 15.9 Å². The molecule has 0 radical (unpaired) electrons. The quantitative estimate of drug-likeness (QED) is 0.847. The molecule has 3 rings (SSSR count). The third-order valence-electron chi connectivity index (χ3n) is 4.27. The van der Waals surface area contributed by atoms with E-state index in [4.69, 9.17) is 4.74 Å². The van der Waals surface area contributed by atoms with Crippen molar-refractivity contribution in [2.45, 2.75) is 31.8 Å². The van der Waals surface area contributed by atoms with Gasteiger partial charge in [-0.1, -0.05) is 15.9 Å². The van der Waals surface area contributed by atoms with Gasteiger partial charge in [0.15, 0.2) is 0 Å². The molecule has 1 aliphatic carbocycles. The second-order valence-corrected chi connectivity index (χ2v) is 6.67. The van der Waals surface area contributed by atoms with Crippen LogP contribution in [0, 0.1) is 5.92 Å². The van der Waals surface area contributed by atoms with Gasteiger partial charge in [0.25, 0.3) is 5.91 Å². The minimum atomic E-state index is -0.740. The molecule has 1 aromatic rings. The standard InChI is InChI=1S/C15H17BrN2O3/c1-15(10-3-4-10)13(19)18(14(20)17-15)8-9-7-11(16)5-6-12(9)21-2/h5-7,10H,3-4,8H2,1-2H3,(H,17,20). The molecule has 0 bridgehead atoms. The number of carbonyl (C=O) groups is 2. The van der Waals surface area contributed by atoms with Crippen LogP contribution in [0.25, 0.3) is 0 Å². The molecule has 1 N–H and O–H groups in total. The first-order valence-electron chi connectivity index (χ1n) is 6.92. The van der Waals surface area contributed by atoms with Crippen LogP contribution in [0.1, 0.15) is 25.3 Å². The van der Waals surface area contributed by atoms with E-state index < -0.39 is 5.54 Å². The third kappa shape index (κ3) is 2.41. The molecular formula is C15H17BrN2O3. The number of ether oxygens (including phenoxy) is 1. The Morgan fingerprint density at radius 2 is 2.14 bits per heavy atom. The van der Waals surface area contributed by atoms with Gasteiger partial charge in [-0.3, -0.25) is 9.69 Å². The fraction of sp³-hybridized carbons (Fsp3) is 0.467. The Morgan fingerprint density at radius 1 is 1.43 bits per heavy atom. The Hall–Kier alpha value is -1.56. The number of benzene rings is 1. The van der Waals surface area contributed by atoms with Gasteiger partial charge >= 0.3 is 6.03 Å². The van der Waals surface area contributed by atoms with Gasteiger partial charge in [0.1, 0.15) is 11.3 Å². The number of methoxy groups -OCH3 is 1. The van der Waals surface area contributed by atoms with Crippen molar-refractivity contribution < 1.29 is 14.3 Å². The van der Waals surface area contributed by atoms with E-state index in [9.17, 15) is 9.59 Å². The maximum Gasteiger partial charge on any atom is 0.325 e. The first-order chi connectivity index (χ1) is 9.95. The molecule has 1 atom stereocenters. The van der Waals surface area contributed by atoms with Crippen LogP contribution < -0.4 is 10.1 Å². The summed E-state index contributed by atoms with van der Waals surface area (Å²) >= 11 is 3.40. The van der Waals surface area contributed by atoms with Gasteiger partial charge < -0.3 is 10.1 Å². The second-order valence-electron chi connectivity index (χ2n) is 5.75. The molecule has 2 aliphatic rings. The Kier molecular flexibility index (Phi) is 3.43. The topological polar surface area (TPSA) is 58.6 Å². The zero-order chi connectivity index (χ0) is 15.2. The lowest BCUT2D eigenvalue weighted by atomic mass is 9.96. The summed E-state index contributed by atoms with van der Waals surface area (Å²) in [6, 6.07) is 5.23. The van der Waals surface area contributed by atoms with Crippen LogP contribution in [-0.4, -0.2) is 29.5 Å². The van der Waals surface area contributed by atoms with Gasteiger partial charge in [-0.05, 0) is 43.9 Å². The number of nitrogens with zero attached hydrogens (tertiary/aromatic N) is 1. The zero-order valence-corrected chi connectivity index (χ0v) is 13.6. The molecule has 112 valence electrons. The fourth-order valence-electron chi connectivity index (χ4n) is 2.84. The van der Waals surface area contributed by atoms with E-state index in [1.165, 1.54) is 4.90 Å². The number of urea groups is 1. The lowest BCUT2D eigenvalue weighted by molar-refractivity contribution is -0.131.